The van der Waals surface area contributed by atoms with E-state index in [-0.39, 0.29) is 6.42 Å². The van der Waals surface area contributed by atoms with Crippen molar-refractivity contribution in [2.45, 2.75) is 50.5 Å². The van der Waals surface area contributed by atoms with E-state index in [0.29, 0.717) is 24.4 Å². The summed E-state index contributed by atoms with van der Waals surface area (Å²) in [5.41, 5.74) is 10.0. The molecule has 8 nitrogen and oxygen atoms in total. The van der Waals surface area contributed by atoms with Crippen molar-refractivity contribution < 1.29 is 20.1 Å². The lowest BCUT2D eigenvalue weighted by molar-refractivity contribution is -0.147. The molecule has 6 N–H and O–H groups in total. The van der Waals surface area contributed by atoms with Crippen molar-refractivity contribution in [1.82, 2.24) is 15.7 Å². The minimum Gasteiger partial charge on any atom is -0.479 e. The topological polar surface area (TPSA) is 127 Å². The van der Waals surface area contributed by atoms with Gasteiger partial charge in [-0.05, 0) is 73.1 Å². The van der Waals surface area contributed by atoms with Gasteiger partial charge in [-0.3, -0.25) is 10.3 Å². The predicted molar refractivity (Wildman–Crippen MR) is 141 cm³/mol. The van der Waals surface area contributed by atoms with Crippen LogP contribution in [0, 0.1) is 0 Å². The number of benzene rings is 2. The molecule has 0 saturated carbocycles. The third kappa shape index (κ3) is 9.56. The largest absolute Gasteiger partial charge is 0.479 e. The van der Waals surface area contributed by atoms with Crippen molar-refractivity contribution in [3.63, 3.8) is 0 Å². The maximum Gasteiger partial charge on any atom is 0.332 e. The van der Waals surface area contributed by atoms with Gasteiger partial charge in [-0.1, -0.05) is 48.0 Å². The summed E-state index contributed by atoms with van der Waals surface area (Å²) in [5, 5.41) is 33.3. The molecule has 0 aliphatic carbocycles. The number of carboxylic acid groups (broad SMARTS) is 1. The molecule has 0 bridgehead atoms. The number of anilines is 1. The van der Waals surface area contributed by atoms with E-state index in [0.717, 1.165) is 35.2 Å². The number of aromatic nitrogens is 1. The van der Waals surface area contributed by atoms with Gasteiger partial charge in [0.2, 0.25) is 0 Å². The van der Waals surface area contributed by atoms with Crippen LogP contribution in [0.1, 0.15) is 31.2 Å². The van der Waals surface area contributed by atoms with Crippen LogP contribution in [0.2, 0.25) is 5.02 Å². The van der Waals surface area contributed by atoms with Gasteiger partial charge in [0.1, 0.15) is 6.23 Å². The van der Waals surface area contributed by atoms with Crippen LogP contribution in [0.4, 0.5) is 5.69 Å². The first-order valence-corrected chi connectivity index (χ1v) is 12.4. The van der Waals surface area contributed by atoms with E-state index in [4.69, 9.17) is 16.7 Å². The second-order valence-electron chi connectivity index (χ2n) is 8.67. The van der Waals surface area contributed by atoms with Crippen LogP contribution in [0.3, 0.4) is 0 Å². The van der Waals surface area contributed by atoms with Crippen LogP contribution in [0.25, 0.3) is 11.1 Å². The number of nitrogens with zero attached hydrogens (tertiary/aromatic N) is 1. The molecule has 192 valence electrons. The highest BCUT2D eigenvalue weighted by molar-refractivity contribution is 6.30. The summed E-state index contributed by atoms with van der Waals surface area (Å²) in [6, 6.07) is 18.8. The summed E-state index contributed by atoms with van der Waals surface area (Å²) in [6.07, 6.45) is 3.65. The standard InChI is InChI=1S/C27H33ClN4O4/c28-22-6-3-5-21(16-22)20-11-9-19(10-12-20)15-24(17-25(33)27(35)36)31-26(34)8-1-2-14-30-32-23-7-4-13-29-18-23/h3-7,9-13,16,18,24-26,30-34H,1-2,8,14-15,17H2,(H,35,36). The lowest BCUT2D eigenvalue weighted by atomic mass is 9.97. The van der Waals surface area contributed by atoms with Crippen molar-refractivity contribution in [3.05, 3.63) is 83.6 Å². The lowest BCUT2D eigenvalue weighted by Gasteiger charge is -2.24. The van der Waals surface area contributed by atoms with Gasteiger partial charge in [0.15, 0.2) is 6.10 Å². The van der Waals surface area contributed by atoms with Gasteiger partial charge in [-0.15, -0.1) is 0 Å². The average molecular weight is 513 g/mol. The number of aliphatic carboxylic acids is 1. The highest BCUT2D eigenvalue weighted by atomic mass is 35.5. The van der Waals surface area contributed by atoms with Gasteiger partial charge in [-0.2, -0.15) is 0 Å². The van der Waals surface area contributed by atoms with E-state index < -0.39 is 24.3 Å². The fraction of sp³-hybridized carbons (Fsp3) is 0.333. The van der Waals surface area contributed by atoms with E-state index in [2.05, 4.69) is 21.2 Å². The highest BCUT2D eigenvalue weighted by Gasteiger charge is 2.22. The normalized spacial score (nSPS) is 13.6. The Kier molecular flexibility index (Phi) is 11.1. The lowest BCUT2D eigenvalue weighted by Crippen LogP contribution is -2.43. The smallest absolute Gasteiger partial charge is 0.332 e. The number of aliphatic hydroxyl groups is 2. The quantitative estimate of drug-likeness (QED) is 0.103. The molecule has 0 saturated heterocycles. The first-order valence-electron chi connectivity index (χ1n) is 12.0. The summed E-state index contributed by atoms with van der Waals surface area (Å²) in [7, 11) is 0. The van der Waals surface area contributed by atoms with Gasteiger partial charge in [0.05, 0.1) is 11.9 Å². The molecule has 3 unspecified atom stereocenters. The van der Waals surface area contributed by atoms with Crippen molar-refractivity contribution in [2.75, 3.05) is 12.0 Å². The van der Waals surface area contributed by atoms with Crippen molar-refractivity contribution >= 4 is 23.3 Å². The molecule has 0 amide bonds. The second-order valence-corrected chi connectivity index (χ2v) is 9.11. The Bertz CT molecular complexity index is 1070. The Hall–Kier alpha value is -3.01. The number of carboxylic acids is 1. The van der Waals surface area contributed by atoms with Gasteiger partial charge < -0.3 is 20.7 Å². The van der Waals surface area contributed by atoms with Gasteiger partial charge in [0, 0.05) is 23.8 Å². The maximum absolute atomic E-state index is 11.2. The molecule has 0 fully saturated rings. The van der Waals surface area contributed by atoms with Crippen LogP contribution in [0.5, 0.6) is 0 Å². The van der Waals surface area contributed by atoms with Gasteiger partial charge in [-0.25, -0.2) is 10.2 Å². The molecule has 1 heterocycles. The summed E-state index contributed by atoms with van der Waals surface area (Å²) < 4.78 is 0. The zero-order valence-corrected chi connectivity index (χ0v) is 20.7. The molecule has 9 heteroatoms. The maximum atomic E-state index is 11.2. The van der Waals surface area contributed by atoms with E-state index in [1.165, 1.54) is 0 Å². The summed E-state index contributed by atoms with van der Waals surface area (Å²) in [6.45, 7) is 0.710. The number of hydrogen-bond donors (Lipinski definition) is 6. The molecular formula is C27H33ClN4O4. The highest BCUT2D eigenvalue weighted by Crippen LogP contribution is 2.23. The summed E-state index contributed by atoms with van der Waals surface area (Å²) in [5.74, 6) is -1.28. The number of halogens is 1. The van der Waals surface area contributed by atoms with E-state index in [9.17, 15) is 15.0 Å². The minimum absolute atomic E-state index is 0.0149. The van der Waals surface area contributed by atoms with E-state index >= 15 is 0 Å². The SMILES string of the molecule is O=C(O)C(O)CC(Cc1ccc(-c2cccc(Cl)c2)cc1)NC(O)CCCCNNc1cccnc1. The molecule has 3 aromatic rings. The van der Waals surface area contributed by atoms with Gasteiger partial charge >= 0.3 is 5.97 Å². The number of carbonyl (C=O) groups is 1. The number of nitrogens with one attached hydrogen (secondary N) is 3. The number of aliphatic hydroxyl groups excluding tert-OH is 2. The molecule has 1 aromatic heterocycles. The Balaban J connectivity index is 1.48. The minimum atomic E-state index is -1.51. The molecule has 2 aromatic carbocycles. The molecular weight excluding hydrogens is 480 g/mol. The third-order valence-corrected chi connectivity index (χ3v) is 5.97. The van der Waals surface area contributed by atoms with Crippen LogP contribution >= 0.6 is 11.6 Å². The zero-order chi connectivity index (χ0) is 25.8. The fourth-order valence-corrected chi connectivity index (χ4v) is 4.06. The van der Waals surface area contributed by atoms with Crippen LogP contribution in [-0.2, 0) is 11.2 Å². The van der Waals surface area contributed by atoms with Crippen molar-refractivity contribution in [1.29, 1.82) is 0 Å². The number of hydrogen-bond acceptors (Lipinski definition) is 7. The molecule has 36 heavy (non-hydrogen) atoms. The summed E-state index contributed by atoms with van der Waals surface area (Å²) in [4.78, 5) is 15.2. The van der Waals surface area contributed by atoms with Crippen molar-refractivity contribution in [2.24, 2.45) is 0 Å². The van der Waals surface area contributed by atoms with Crippen molar-refractivity contribution in [3.8, 4) is 11.1 Å². The van der Waals surface area contributed by atoms with Crippen LogP contribution in [0.15, 0.2) is 73.1 Å². The first kappa shape index (κ1) is 27.6. The molecule has 3 rings (SSSR count). The Morgan fingerprint density at radius 2 is 1.81 bits per heavy atom. The Morgan fingerprint density at radius 1 is 1.00 bits per heavy atom. The molecule has 0 spiro atoms. The number of hydrazine groups is 1. The zero-order valence-electron chi connectivity index (χ0n) is 20.0. The fourth-order valence-electron chi connectivity index (χ4n) is 3.87. The second kappa shape index (κ2) is 14.5. The number of pyridine rings is 1. The van der Waals surface area contributed by atoms with Gasteiger partial charge in [0.25, 0.3) is 0 Å². The Labute approximate surface area is 216 Å². The molecule has 0 aliphatic rings. The Morgan fingerprint density at radius 3 is 2.50 bits per heavy atom. The predicted octanol–water partition coefficient (Wildman–Crippen LogP) is 3.84. The molecule has 0 aliphatic heterocycles. The molecule has 0 radical (unpaired) electrons. The van der Waals surface area contributed by atoms with Crippen LogP contribution < -0.4 is 16.2 Å². The average Bonchev–Trinajstić information content (AvgIpc) is 2.87. The number of rotatable bonds is 15. The van der Waals surface area contributed by atoms with Crippen LogP contribution in [-0.4, -0.2) is 51.2 Å². The third-order valence-electron chi connectivity index (χ3n) is 5.74. The summed E-state index contributed by atoms with van der Waals surface area (Å²) >= 11 is 6.09. The first-order chi connectivity index (χ1) is 17.4. The monoisotopic (exact) mass is 512 g/mol. The van der Waals surface area contributed by atoms with E-state index in [1.807, 2.05) is 60.7 Å². The molecule has 3 atom stereocenters. The number of unbranched alkanes of at least 4 members (excludes halogenated alkanes) is 1. The van der Waals surface area contributed by atoms with E-state index in [1.54, 1.807) is 12.4 Å².